The SMILES string of the molecule is CCC.CCSc1ccc(CNC(=O)c2cnc3c(c2)CN(Cc2ccc(C(F)(F)F)cc2)C3)nc1. The Balaban J connectivity index is 0.00000115. The maximum atomic E-state index is 12.7. The molecule has 0 aliphatic carbocycles. The van der Waals surface area contributed by atoms with Crippen LogP contribution in [0.2, 0.25) is 0 Å². The molecule has 192 valence electrons. The molecular weight excluding hydrogens is 485 g/mol. The molecule has 3 aromatic rings. The zero-order valence-corrected chi connectivity index (χ0v) is 21.5. The Hall–Kier alpha value is -2.91. The van der Waals surface area contributed by atoms with Crippen molar-refractivity contribution >= 4 is 17.7 Å². The summed E-state index contributed by atoms with van der Waals surface area (Å²) in [5, 5.41) is 2.87. The zero-order chi connectivity index (χ0) is 26.1. The summed E-state index contributed by atoms with van der Waals surface area (Å²) in [6.07, 6.45) is 0.277. The second-order valence-corrected chi connectivity index (χ2v) is 9.82. The van der Waals surface area contributed by atoms with Gasteiger partial charge in [0.1, 0.15) is 0 Å². The number of halogens is 3. The van der Waals surface area contributed by atoms with E-state index in [1.165, 1.54) is 18.6 Å². The van der Waals surface area contributed by atoms with E-state index < -0.39 is 11.7 Å². The zero-order valence-electron chi connectivity index (χ0n) is 20.7. The van der Waals surface area contributed by atoms with Crippen molar-refractivity contribution in [3.8, 4) is 0 Å². The number of nitrogens with zero attached hydrogens (tertiary/aromatic N) is 3. The maximum Gasteiger partial charge on any atom is 0.416 e. The number of benzene rings is 1. The van der Waals surface area contributed by atoms with Crippen molar-refractivity contribution in [3.05, 3.63) is 88.5 Å². The highest BCUT2D eigenvalue weighted by Crippen LogP contribution is 2.30. The smallest absolute Gasteiger partial charge is 0.346 e. The van der Waals surface area contributed by atoms with E-state index in [9.17, 15) is 18.0 Å². The van der Waals surface area contributed by atoms with Crippen LogP contribution in [0.4, 0.5) is 13.2 Å². The Labute approximate surface area is 214 Å². The molecule has 1 aromatic carbocycles. The lowest BCUT2D eigenvalue weighted by Crippen LogP contribution is -2.23. The molecule has 2 aromatic heterocycles. The quantitative estimate of drug-likeness (QED) is 0.365. The van der Waals surface area contributed by atoms with Crippen LogP contribution in [0.15, 0.2) is 59.8 Å². The van der Waals surface area contributed by atoms with Crippen LogP contribution >= 0.6 is 11.8 Å². The lowest BCUT2D eigenvalue weighted by atomic mass is 10.1. The third-order valence-electron chi connectivity index (χ3n) is 5.32. The fourth-order valence-corrected chi connectivity index (χ4v) is 4.29. The predicted molar refractivity (Wildman–Crippen MR) is 136 cm³/mol. The number of carbonyl (C=O) groups excluding carboxylic acids is 1. The largest absolute Gasteiger partial charge is 0.416 e. The highest BCUT2D eigenvalue weighted by molar-refractivity contribution is 7.99. The van der Waals surface area contributed by atoms with E-state index in [1.54, 1.807) is 24.2 Å². The number of thioether (sulfide) groups is 1. The number of hydrogen-bond acceptors (Lipinski definition) is 5. The molecule has 0 bridgehead atoms. The number of carbonyl (C=O) groups is 1. The molecule has 36 heavy (non-hydrogen) atoms. The molecule has 0 radical (unpaired) electrons. The first-order valence-electron chi connectivity index (χ1n) is 12.0. The van der Waals surface area contributed by atoms with Crippen molar-refractivity contribution in [3.63, 3.8) is 0 Å². The molecular formula is C27H31F3N4OS. The van der Waals surface area contributed by atoms with E-state index in [2.05, 4.69) is 41.0 Å². The number of aromatic nitrogens is 2. The minimum absolute atomic E-state index is 0.222. The fraction of sp³-hybridized carbons (Fsp3) is 0.370. The molecule has 0 saturated carbocycles. The van der Waals surface area contributed by atoms with E-state index in [0.29, 0.717) is 31.7 Å². The average Bonchev–Trinajstić information content (AvgIpc) is 3.25. The Morgan fingerprint density at radius 3 is 2.36 bits per heavy atom. The van der Waals surface area contributed by atoms with Gasteiger partial charge in [-0.25, -0.2) is 0 Å². The van der Waals surface area contributed by atoms with Gasteiger partial charge in [0.05, 0.1) is 29.1 Å². The number of alkyl halides is 3. The van der Waals surface area contributed by atoms with Crippen LogP contribution in [-0.4, -0.2) is 26.5 Å². The van der Waals surface area contributed by atoms with Crippen molar-refractivity contribution in [2.75, 3.05) is 5.75 Å². The Morgan fingerprint density at radius 2 is 1.75 bits per heavy atom. The lowest BCUT2D eigenvalue weighted by molar-refractivity contribution is -0.137. The molecule has 1 N–H and O–H groups in total. The van der Waals surface area contributed by atoms with Gasteiger partial charge >= 0.3 is 6.18 Å². The van der Waals surface area contributed by atoms with Crippen molar-refractivity contribution in [1.82, 2.24) is 20.2 Å². The minimum atomic E-state index is -4.34. The Kier molecular flexibility index (Phi) is 9.89. The van der Waals surface area contributed by atoms with E-state index in [-0.39, 0.29) is 5.91 Å². The van der Waals surface area contributed by atoms with Gasteiger partial charge in [-0.2, -0.15) is 13.2 Å². The predicted octanol–water partition coefficient (Wildman–Crippen LogP) is 6.47. The molecule has 9 heteroatoms. The third-order valence-corrected chi connectivity index (χ3v) is 6.18. The molecule has 1 amide bonds. The number of fused-ring (bicyclic) bond motifs is 1. The van der Waals surface area contributed by atoms with Crippen LogP contribution in [-0.2, 0) is 32.4 Å². The molecule has 1 aliphatic rings. The normalized spacial score (nSPS) is 13.1. The molecule has 0 saturated heterocycles. The molecule has 0 fully saturated rings. The van der Waals surface area contributed by atoms with E-state index >= 15 is 0 Å². The van der Waals surface area contributed by atoms with Gasteiger partial charge in [-0.15, -0.1) is 11.8 Å². The number of hydrogen-bond donors (Lipinski definition) is 1. The number of amides is 1. The standard InChI is InChI=1S/C24H23F3N4OS.C3H8/c1-2-33-21-8-7-20(28-12-21)11-30-23(32)17-9-18-14-31(15-22(18)29-10-17)13-16-3-5-19(6-4-16)24(25,26)27;1-3-2/h3-10,12H,2,11,13-15H2,1H3,(H,30,32);3H2,1-2H3. The molecule has 4 rings (SSSR count). The van der Waals surface area contributed by atoms with Crippen molar-refractivity contribution < 1.29 is 18.0 Å². The summed E-state index contributed by atoms with van der Waals surface area (Å²) < 4.78 is 38.2. The summed E-state index contributed by atoms with van der Waals surface area (Å²) in [5.74, 6) is 0.755. The van der Waals surface area contributed by atoms with Crippen LogP contribution in [0.3, 0.4) is 0 Å². The average molecular weight is 517 g/mol. The van der Waals surface area contributed by atoms with Gasteiger partial charge in [-0.1, -0.05) is 39.3 Å². The molecule has 5 nitrogen and oxygen atoms in total. The molecule has 3 heterocycles. The van der Waals surface area contributed by atoms with Crippen LogP contribution in [0.5, 0.6) is 0 Å². The van der Waals surface area contributed by atoms with Crippen LogP contribution < -0.4 is 5.32 Å². The number of nitrogens with one attached hydrogen (secondary N) is 1. The topological polar surface area (TPSA) is 58.1 Å². The van der Waals surface area contributed by atoms with Gasteiger partial charge in [0.2, 0.25) is 0 Å². The van der Waals surface area contributed by atoms with E-state index in [4.69, 9.17) is 0 Å². The lowest BCUT2D eigenvalue weighted by Gasteiger charge is -2.15. The second-order valence-electron chi connectivity index (χ2n) is 8.48. The van der Waals surface area contributed by atoms with Crippen LogP contribution in [0.25, 0.3) is 0 Å². The van der Waals surface area contributed by atoms with Gasteiger partial charge in [0.25, 0.3) is 5.91 Å². The molecule has 0 unspecified atom stereocenters. The molecule has 0 spiro atoms. The molecule has 0 atom stereocenters. The number of rotatable bonds is 7. The van der Waals surface area contributed by atoms with Crippen molar-refractivity contribution in [1.29, 1.82) is 0 Å². The van der Waals surface area contributed by atoms with Gasteiger partial charge in [-0.05, 0) is 47.2 Å². The van der Waals surface area contributed by atoms with Gasteiger partial charge < -0.3 is 5.32 Å². The third kappa shape index (κ3) is 7.80. The first-order chi connectivity index (χ1) is 17.2. The van der Waals surface area contributed by atoms with Gasteiger partial charge in [0.15, 0.2) is 0 Å². The summed E-state index contributed by atoms with van der Waals surface area (Å²) in [5.41, 5.74) is 3.23. The first-order valence-corrected chi connectivity index (χ1v) is 12.9. The minimum Gasteiger partial charge on any atom is -0.346 e. The Morgan fingerprint density at radius 1 is 1.03 bits per heavy atom. The van der Waals surface area contributed by atoms with Crippen molar-refractivity contribution in [2.45, 2.75) is 64.4 Å². The number of pyridine rings is 2. The highest BCUT2D eigenvalue weighted by atomic mass is 32.2. The summed E-state index contributed by atoms with van der Waals surface area (Å²) >= 11 is 1.71. The first kappa shape index (κ1) is 27.7. The van der Waals surface area contributed by atoms with Crippen LogP contribution in [0, 0.1) is 0 Å². The van der Waals surface area contributed by atoms with Gasteiger partial charge in [-0.3, -0.25) is 19.7 Å². The van der Waals surface area contributed by atoms with Gasteiger partial charge in [0, 0.05) is 36.9 Å². The summed E-state index contributed by atoms with van der Waals surface area (Å²) in [6.45, 7) is 8.34. The van der Waals surface area contributed by atoms with Crippen molar-refractivity contribution in [2.24, 2.45) is 0 Å². The summed E-state index contributed by atoms with van der Waals surface area (Å²) in [4.78, 5) is 24.6. The van der Waals surface area contributed by atoms with E-state index in [1.807, 2.05) is 18.2 Å². The molecule has 1 aliphatic heterocycles. The highest BCUT2D eigenvalue weighted by Gasteiger charge is 2.30. The van der Waals surface area contributed by atoms with E-state index in [0.717, 1.165) is 45.3 Å². The Bertz CT molecular complexity index is 1140. The second kappa shape index (κ2) is 12.9. The summed E-state index contributed by atoms with van der Waals surface area (Å²) in [7, 11) is 0. The maximum absolute atomic E-state index is 12.7. The monoisotopic (exact) mass is 516 g/mol. The van der Waals surface area contributed by atoms with Crippen LogP contribution in [0.1, 0.15) is 65.6 Å². The summed E-state index contributed by atoms with van der Waals surface area (Å²) in [6, 6.07) is 10.9. The fourth-order valence-electron chi connectivity index (χ4n) is 3.66.